The summed E-state index contributed by atoms with van der Waals surface area (Å²) in [7, 11) is 0. The maximum atomic E-state index is 5.72. The Kier molecular flexibility index (Phi) is 5.32. The van der Waals surface area contributed by atoms with Crippen LogP contribution in [0.5, 0.6) is 0 Å². The van der Waals surface area contributed by atoms with Crippen molar-refractivity contribution in [3.05, 3.63) is 0 Å². The van der Waals surface area contributed by atoms with Gasteiger partial charge in [-0.05, 0) is 37.0 Å². The molecule has 1 rings (SSSR count). The van der Waals surface area contributed by atoms with Gasteiger partial charge in [0.25, 0.3) is 0 Å². The van der Waals surface area contributed by atoms with E-state index in [-0.39, 0.29) is 0 Å². The molecule has 1 aliphatic carbocycles. The summed E-state index contributed by atoms with van der Waals surface area (Å²) in [6.07, 6.45) is 8.55. The third-order valence-corrected chi connectivity index (χ3v) is 4.62. The van der Waals surface area contributed by atoms with Gasteiger partial charge in [-0.25, -0.2) is 0 Å². The van der Waals surface area contributed by atoms with E-state index in [4.69, 9.17) is 5.73 Å². The number of thioether (sulfide) groups is 1. The van der Waals surface area contributed by atoms with Gasteiger partial charge >= 0.3 is 0 Å². The molecule has 84 valence electrons. The molecule has 1 nitrogen and oxygen atoms in total. The van der Waals surface area contributed by atoms with E-state index in [1.165, 1.54) is 44.3 Å². The van der Waals surface area contributed by atoms with Gasteiger partial charge in [-0.2, -0.15) is 11.8 Å². The predicted molar refractivity (Wildman–Crippen MR) is 66.8 cm³/mol. The molecular weight excluding hydrogens is 190 g/mol. The van der Waals surface area contributed by atoms with Gasteiger partial charge in [0.1, 0.15) is 0 Å². The summed E-state index contributed by atoms with van der Waals surface area (Å²) < 4.78 is 0. The van der Waals surface area contributed by atoms with Crippen LogP contribution in [0.4, 0.5) is 0 Å². The molecule has 0 amide bonds. The fourth-order valence-electron chi connectivity index (χ4n) is 1.84. The highest BCUT2D eigenvalue weighted by Crippen LogP contribution is 2.30. The summed E-state index contributed by atoms with van der Waals surface area (Å²) in [6.45, 7) is 5.36. The second-order valence-corrected chi connectivity index (χ2v) is 6.66. The van der Waals surface area contributed by atoms with Crippen LogP contribution in [0.2, 0.25) is 0 Å². The zero-order chi connectivity index (χ0) is 10.4. The molecule has 0 aromatic rings. The minimum Gasteiger partial charge on any atom is -0.330 e. The van der Waals surface area contributed by atoms with Gasteiger partial charge in [0.15, 0.2) is 0 Å². The first-order valence-corrected chi connectivity index (χ1v) is 7.00. The highest BCUT2D eigenvalue weighted by Gasteiger charge is 2.18. The van der Waals surface area contributed by atoms with Crippen molar-refractivity contribution in [3.8, 4) is 0 Å². The number of rotatable bonds is 5. The summed E-state index contributed by atoms with van der Waals surface area (Å²) in [5.74, 6) is 1.30. The SMILES string of the molecule is CC(C)(CN)CCSC1CCCCC1. The van der Waals surface area contributed by atoms with Crippen LogP contribution in [0.1, 0.15) is 52.4 Å². The Balaban J connectivity index is 2.08. The molecule has 0 aromatic carbocycles. The van der Waals surface area contributed by atoms with Crippen molar-refractivity contribution in [2.24, 2.45) is 11.1 Å². The van der Waals surface area contributed by atoms with E-state index in [9.17, 15) is 0 Å². The summed E-state index contributed by atoms with van der Waals surface area (Å²) in [6, 6.07) is 0. The Bertz CT molecular complexity index is 150. The van der Waals surface area contributed by atoms with Gasteiger partial charge in [0, 0.05) is 5.25 Å². The lowest BCUT2D eigenvalue weighted by Gasteiger charge is -2.25. The monoisotopic (exact) mass is 215 g/mol. The number of hydrogen-bond donors (Lipinski definition) is 1. The molecule has 1 aliphatic rings. The molecule has 2 N–H and O–H groups in total. The molecule has 14 heavy (non-hydrogen) atoms. The normalized spacial score (nSPS) is 19.9. The molecule has 0 heterocycles. The van der Waals surface area contributed by atoms with Gasteiger partial charge in [0.05, 0.1) is 0 Å². The van der Waals surface area contributed by atoms with Gasteiger partial charge in [-0.15, -0.1) is 0 Å². The van der Waals surface area contributed by atoms with E-state index < -0.39 is 0 Å². The molecule has 1 saturated carbocycles. The van der Waals surface area contributed by atoms with Crippen molar-refractivity contribution in [2.45, 2.75) is 57.6 Å². The topological polar surface area (TPSA) is 26.0 Å². The molecular formula is C12H25NS. The second kappa shape index (κ2) is 6.02. The van der Waals surface area contributed by atoms with E-state index in [1.54, 1.807) is 0 Å². The molecule has 0 radical (unpaired) electrons. The third kappa shape index (κ3) is 4.70. The minimum atomic E-state index is 0.349. The molecule has 0 spiro atoms. The van der Waals surface area contributed by atoms with Gasteiger partial charge in [0.2, 0.25) is 0 Å². The van der Waals surface area contributed by atoms with Crippen molar-refractivity contribution >= 4 is 11.8 Å². The Morgan fingerprint density at radius 3 is 2.43 bits per heavy atom. The zero-order valence-corrected chi connectivity index (χ0v) is 10.5. The van der Waals surface area contributed by atoms with Crippen LogP contribution in [0.15, 0.2) is 0 Å². The summed E-state index contributed by atoms with van der Waals surface area (Å²) in [5.41, 5.74) is 6.07. The standard InChI is InChI=1S/C12H25NS/c1-12(2,10-13)8-9-14-11-6-4-3-5-7-11/h11H,3-10,13H2,1-2H3. The second-order valence-electron chi connectivity index (χ2n) is 5.25. The van der Waals surface area contributed by atoms with Crippen LogP contribution in [-0.4, -0.2) is 17.5 Å². The molecule has 0 saturated heterocycles. The highest BCUT2D eigenvalue weighted by molar-refractivity contribution is 7.99. The first kappa shape index (κ1) is 12.4. The van der Waals surface area contributed by atoms with E-state index >= 15 is 0 Å². The van der Waals surface area contributed by atoms with Crippen LogP contribution < -0.4 is 5.73 Å². The molecule has 0 aromatic heterocycles. The molecule has 0 unspecified atom stereocenters. The highest BCUT2D eigenvalue weighted by atomic mass is 32.2. The lowest BCUT2D eigenvalue weighted by atomic mass is 9.91. The van der Waals surface area contributed by atoms with E-state index in [2.05, 4.69) is 25.6 Å². The Hall–Kier alpha value is 0.310. The molecule has 1 fully saturated rings. The summed E-state index contributed by atoms with van der Waals surface area (Å²) in [4.78, 5) is 0. The fourth-order valence-corrected chi connectivity index (χ4v) is 3.51. The van der Waals surface area contributed by atoms with Crippen LogP contribution in [0.25, 0.3) is 0 Å². The smallest absolute Gasteiger partial charge is 0.00470 e. The average molecular weight is 215 g/mol. The molecule has 2 heteroatoms. The number of nitrogens with two attached hydrogens (primary N) is 1. The molecule has 0 aliphatic heterocycles. The lowest BCUT2D eigenvalue weighted by Crippen LogP contribution is -2.24. The van der Waals surface area contributed by atoms with E-state index in [0.717, 1.165) is 11.8 Å². The Morgan fingerprint density at radius 1 is 1.21 bits per heavy atom. The maximum Gasteiger partial charge on any atom is 0.00470 e. The largest absolute Gasteiger partial charge is 0.330 e. The van der Waals surface area contributed by atoms with Crippen molar-refractivity contribution in [3.63, 3.8) is 0 Å². The van der Waals surface area contributed by atoms with Gasteiger partial charge < -0.3 is 5.73 Å². The van der Waals surface area contributed by atoms with Gasteiger partial charge in [-0.1, -0.05) is 33.1 Å². The van der Waals surface area contributed by atoms with E-state index in [1.807, 2.05) is 0 Å². The van der Waals surface area contributed by atoms with Crippen molar-refractivity contribution < 1.29 is 0 Å². The molecule has 0 atom stereocenters. The first-order valence-electron chi connectivity index (χ1n) is 5.96. The van der Waals surface area contributed by atoms with Crippen LogP contribution in [0, 0.1) is 5.41 Å². The van der Waals surface area contributed by atoms with Crippen molar-refractivity contribution in [1.29, 1.82) is 0 Å². The van der Waals surface area contributed by atoms with E-state index in [0.29, 0.717) is 5.41 Å². The minimum absolute atomic E-state index is 0.349. The predicted octanol–water partition coefficient (Wildman–Crippen LogP) is 3.43. The quantitative estimate of drug-likeness (QED) is 0.760. The Labute approximate surface area is 93.2 Å². The van der Waals surface area contributed by atoms with Crippen LogP contribution in [-0.2, 0) is 0 Å². The lowest BCUT2D eigenvalue weighted by molar-refractivity contribution is 0.367. The molecule has 0 bridgehead atoms. The summed E-state index contributed by atoms with van der Waals surface area (Å²) >= 11 is 2.18. The van der Waals surface area contributed by atoms with Crippen LogP contribution in [0.3, 0.4) is 0 Å². The summed E-state index contributed by atoms with van der Waals surface area (Å²) in [5, 5.41) is 0.956. The van der Waals surface area contributed by atoms with Crippen molar-refractivity contribution in [2.75, 3.05) is 12.3 Å². The first-order chi connectivity index (χ1) is 6.64. The fraction of sp³-hybridized carbons (Fsp3) is 1.00. The third-order valence-electron chi connectivity index (χ3n) is 3.24. The number of hydrogen-bond acceptors (Lipinski definition) is 2. The maximum absolute atomic E-state index is 5.72. The van der Waals surface area contributed by atoms with Gasteiger partial charge in [-0.3, -0.25) is 0 Å². The Morgan fingerprint density at radius 2 is 1.86 bits per heavy atom. The van der Waals surface area contributed by atoms with Crippen molar-refractivity contribution in [1.82, 2.24) is 0 Å². The zero-order valence-electron chi connectivity index (χ0n) is 9.72. The average Bonchev–Trinajstić information content (AvgIpc) is 2.19. The van der Waals surface area contributed by atoms with Crippen LogP contribution >= 0.6 is 11.8 Å².